The number of nitrogens with zero attached hydrogens (tertiary/aromatic N) is 1. The first-order valence-electron chi connectivity index (χ1n) is 9.99. The largest absolute Gasteiger partial charge is 0.299 e. The average molecular weight is 423 g/mol. The van der Waals surface area contributed by atoms with Crippen LogP contribution in [0.2, 0.25) is 0 Å². The molecule has 0 fully saturated rings. The summed E-state index contributed by atoms with van der Waals surface area (Å²) in [5.74, 6) is -0.475. The van der Waals surface area contributed by atoms with Gasteiger partial charge in [0.15, 0.2) is 17.2 Å². The molecule has 0 spiro atoms. The molecule has 0 unspecified atom stereocenters. The zero-order valence-corrected chi connectivity index (χ0v) is 18.0. The number of alkyl halides is 2. The second-order valence-electron chi connectivity index (χ2n) is 6.97. The molecule has 0 aliphatic carbocycles. The molecule has 0 aliphatic heterocycles. The van der Waals surface area contributed by atoms with Crippen LogP contribution in [-0.2, 0) is 24.2 Å². The van der Waals surface area contributed by atoms with Gasteiger partial charge in [0.05, 0.1) is 5.69 Å². The number of aromatic nitrogens is 1. The number of nitrogens with one attached hydrogen (secondary N) is 2. The number of carbonyl (C=O) groups excluding carboxylic acids is 1. The van der Waals surface area contributed by atoms with Crippen molar-refractivity contribution < 1.29 is 9.36 Å². The van der Waals surface area contributed by atoms with E-state index < -0.39 is 10.7 Å². The Kier molecular flexibility index (Phi) is 10.2. The number of anilines is 1. The molecule has 1 aromatic heterocycles. The lowest BCUT2D eigenvalue weighted by molar-refractivity contribution is -0.697. The average Bonchev–Trinajstić information content (AvgIpc) is 2.71. The van der Waals surface area contributed by atoms with Gasteiger partial charge in [-0.3, -0.25) is 15.6 Å². The summed E-state index contributed by atoms with van der Waals surface area (Å²) >= 11 is 11.0. The number of pyridine rings is 1. The van der Waals surface area contributed by atoms with E-state index in [9.17, 15) is 4.79 Å². The first-order chi connectivity index (χ1) is 13.6. The van der Waals surface area contributed by atoms with E-state index in [0.717, 1.165) is 25.1 Å². The Morgan fingerprint density at radius 2 is 1.71 bits per heavy atom. The van der Waals surface area contributed by atoms with Crippen LogP contribution < -0.4 is 15.4 Å². The van der Waals surface area contributed by atoms with Crippen LogP contribution in [0, 0.1) is 0 Å². The predicted molar refractivity (Wildman–Crippen MR) is 117 cm³/mol. The molecule has 1 amide bonds. The number of unbranched alkanes of at least 4 members (excludes halogenated alkanes) is 4. The molecular weight excluding hydrogens is 393 g/mol. The van der Waals surface area contributed by atoms with Crippen molar-refractivity contribution in [3.05, 3.63) is 59.9 Å². The summed E-state index contributed by atoms with van der Waals surface area (Å²) < 4.78 is 2.27. The van der Waals surface area contributed by atoms with Crippen LogP contribution in [0.15, 0.2) is 48.8 Å². The SMILES string of the molecule is CCCCCCC[n+]1ccc(CCc2cccc(NNC(=O)C(Cl)Cl)c2)cc1. The maximum atomic E-state index is 11.4. The summed E-state index contributed by atoms with van der Waals surface area (Å²) in [7, 11) is 0. The van der Waals surface area contributed by atoms with Gasteiger partial charge in [-0.2, -0.15) is 0 Å². The number of rotatable bonds is 12. The number of hydrazine groups is 1. The van der Waals surface area contributed by atoms with Gasteiger partial charge < -0.3 is 0 Å². The molecule has 1 heterocycles. The zero-order chi connectivity index (χ0) is 20.2. The fourth-order valence-corrected chi connectivity index (χ4v) is 3.09. The minimum atomic E-state index is -1.09. The number of hydrogen-bond acceptors (Lipinski definition) is 2. The van der Waals surface area contributed by atoms with Crippen LogP contribution in [0.5, 0.6) is 0 Å². The standard InChI is InChI=1S/C22H29Cl2N3O/c1-2-3-4-5-6-14-27-15-12-18(13-16-27)10-11-19-8-7-9-20(17-19)25-26-22(28)21(23)24/h7-9,12-13,15-17,21,25H,2-6,10-11,14H2,1H3/p+1. The van der Waals surface area contributed by atoms with Crippen molar-refractivity contribution in [2.45, 2.75) is 63.3 Å². The highest BCUT2D eigenvalue weighted by molar-refractivity contribution is 6.53. The predicted octanol–water partition coefficient (Wildman–Crippen LogP) is 4.98. The maximum absolute atomic E-state index is 11.4. The molecule has 0 bridgehead atoms. The zero-order valence-electron chi connectivity index (χ0n) is 16.5. The van der Waals surface area contributed by atoms with E-state index in [1.807, 2.05) is 18.2 Å². The summed E-state index contributed by atoms with van der Waals surface area (Å²) in [6.45, 7) is 3.34. The lowest BCUT2D eigenvalue weighted by Gasteiger charge is -2.10. The van der Waals surface area contributed by atoms with Crippen molar-refractivity contribution in [3.63, 3.8) is 0 Å². The maximum Gasteiger partial charge on any atom is 0.271 e. The van der Waals surface area contributed by atoms with Gasteiger partial charge in [-0.05, 0) is 42.5 Å². The number of aryl methyl sites for hydroxylation is 3. The lowest BCUT2D eigenvalue weighted by Crippen LogP contribution is -2.33. The van der Waals surface area contributed by atoms with Crippen LogP contribution in [0.3, 0.4) is 0 Å². The Morgan fingerprint density at radius 3 is 2.43 bits per heavy atom. The Bertz CT molecular complexity index is 720. The third-order valence-corrected chi connectivity index (χ3v) is 5.03. The van der Waals surface area contributed by atoms with E-state index in [1.165, 1.54) is 43.2 Å². The van der Waals surface area contributed by atoms with Gasteiger partial charge in [-0.1, -0.05) is 61.5 Å². The third kappa shape index (κ3) is 8.49. The minimum absolute atomic E-state index is 0.475. The molecule has 28 heavy (non-hydrogen) atoms. The van der Waals surface area contributed by atoms with E-state index in [4.69, 9.17) is 23.2 Å². The quantitative estimate of drug-likeness (QED) is 0.219. The van der Waals surface area contributed by atoms with E-state index >= 15 is 0 Å². The Labute approximate surface area is 178 Å². The van der Waals surface area contributed by atoms with Crippen molar-refractivity contribution in [2.24, 2.45) is 0 Å². The van der Waals surface area contributed by atoms with Crippen LogP contribution in [-0.4, -0.2) is 10.7 Å². The number of hydrogen-bond donors (Lipinski definition) is 2. The number of amides is 1. The molecule has 2 N–H and O–H groups in total. The molecular formula is C22H30Cl2N3O+. The van der Waals surface area contributed by atoms with Gasteiger partial charge >= 0.3 is 0 Å². The molecule has 2 rings (SSSR count). The smallest absolute Gasteiger partial charge is 0.271 e. The van der Waals surface area contributed by atoms with Crippen molar-refractivity contribution in [1.29, 1.82) is 0 Å². The molecule has 4 nitrogen and oxygen atoms in total. The van der Waals surface area contributed by atoms with Gasteiger partial charge in [0, 0.05) is 18.6 Å². The Hall–Kier alpha value is -1.78. The number of halogens is 2. The normalized spacial score (nSPS) is 10.9. The summed E-state index contributed by atoms with van der Waals surface area (Å²) in [6.07, 6.45) is 12.8. The molecule has 0 saturated carbocycles. The summed E-state index contributed by atoms with van der Waals surface area (Å²) in [5.41, 5.74) is 8.62. The molecule has 0 atom stereocenters. The van der Waals surface area contributed by atoms with Gasteiger partial charge in [0.2, 0.25) is 0 Å². The van der Waals surface area contributed by atoms with Crippen LogP contribution in [0.1, 0.15) is 50.2 Å². The topological polar surface area (TPSA) is 45.0 Å². The van der Waals surface area contributed by atoms with E-state index in [2.05, 4.69) is 52.9 Å². The Balaban J connectivity index is 1.77. The van der Waals surface area contributed by atoms with Gasteiger partial charge in [0.25, 0.3) is 5.91 Å². The molecule has 0 aliphatic rings. The monoisotopic (exact) mass is 422 g/mol. The highest BCUT2D eigenvalue weighted by Gasteiger charge is 2.10. The summed E-state index contributed by atoms with van der Waals surface area (Å²) in [6, 6.07) is 12.3. The second kappa shape index (κ2) is 12.6. The molecule has 2 aromatic rings. The molecule has 0 saturated heterocycles. The van der Waals surface area contributed by atoms with Gasteiger partial charge in [-0.15, -0.1) is 0 Å². The van der Waals surface area contributed by atoms with Crippen molar-refractivity contribution in [1.82, 2.24) is 5.43 Å². The van der Waals surface area contributed by atoms with E-state index in [0.29, 0.717) is 0 Å². The highest BCUT2D eigenvalue weighted by Crippen LogP contribution is 2.13. The number of benzene rings is 1. The Morgan fingerprint density at radius 1 is 1.00 bits per heavy atom. The summed E-state index contributed by atoms with van der Waals surface area (Å²) in [4.78, 5) is 10.3. The number of carbonyl (C=O) groups is 1. The fraction of sp³-hybridized carbons (Fsp3) is 0.455. The molecule has 0 radical (unpaired) electrons. The second-order valence-corrected chi connectivity index (χ2v) is 8.07. The van der Waals surface area contributed by atoms with Crippen molar-refractivity contribution >= 4 is 34.8 Å². The van der Waals surface area contributed by atoms with Crippen LogP contribution in [0.4, 0.5) is 5.69 Å². The first kappa shape index (κ1) is 22.5. The lowest BCUT2D eigenvalue weighted by atomic mass is 10.0. The van der Waals surface area contributed by atoms with Crippen LogP contribution >= 0.6 is 23.2 Å². The molecule has 6 heteroatoms. The van der Waals surface area contributed by atoms with E-state index in [-0.39, 0.29) is 0 Å². The van der Waals surface area contributed by atoms with Crippen molar-refractivity contribution in [3.8, 4) is 0 Å². The highest BCUT2D eigenvalue weighted by atomic mass is 35.5. The summed E-state index contributed by atoms with van der Waals surface area (Å²) in [5, 5.41) is 0. The van der Waals surface area contributed by atoms with Gasteiger partial charge in [0.1, 0.15) is 6.54 Å². The third-order valence-electron chi connectivity index (χ3n) is 4.64. The molecule has 1 aromatic carbocycles. The van der Waals surface area contributed by atoms with Crippen molar-refractivity contribution in [2.75, 3.05) is 5.43 Å². The van der Waals surface area contributed by atoms with Gasteiger partial charge in [-0.25, -0.2) is 4.57 Å². The fourth-order valence-electron chi connectivity index (χ4n) is 2.98. The van der Waals surface area contributed by atoms with Crippen LogP contribution in [0.25, 0.3) is 0 Å². The molecule has 152 valence electrons. The first-order valence-corrected chi connectivity index (χ1v) is 10.9. The minimum Gasteiger partial charge on any atom is -0.299 e. The van der Waals surface area contributed by atoms with E-state index in [1.54, 1.807) is 0 Å².